The van der Waals surface area contributed by atoms with Crippen LogP contribution in [0.1, 0.15) is 17.7 Å². The monoisotopic (exact) mass is 446 g/mol. The molecular formula is C22H23ClN2O4S. The SMILES string of the molecule is O=C(CN(Cc1ccco1)S(=O)(=O)c1ccc(Cl)cc1)NCCCc1ccccc1. The van der Waals surface area contributed by atoms with Crippen molar-refractivity contribution in [2.75, 3.05) is 13.1 Å². The van der Waals surface area contributed by atoms with Crippen molar-refractivity contribution in [1.29, 1.82) is 0 Å². The van der Waals surface area contributed by atoms with E-state index in [0.29, 0.717) is 17.3 Å². The van der Waals surface area contributed by atoms with Crippen molar-refractivity contribution < 1.29 is 17.6 Å². The highest BCUT2D eigenvalue weighted by Gasteiger charge is 2.27. The Morgan fingerprint density at radius 2 is 1.73 bits per heavy atom. The maximum Gasteiger partial charge on any atom is 0.243 e. The van der Waals surface area contributed by atoms with Gasteiger partial charge >= 0.3 is 0 Å². The minimum atomic E-state index is -3.91. The molecule has 0 aliphatic rings. The quantitative estimate of drug-likeness (QED) is 0.479. The summed E-state index contributed by atoms with van der Waals surface area (Å²) in [5.74, 6) is 0.0802. The molecule has 0 aliphatic heterocycles. The van der Waals surface area contributed by atoms with Gasteiger partial charge in [-0.15, -0.1) is 0 Å². The molecule has 8 heteroatoms. The third-order valence-electron chi connectivity index (χ3n) is 4.49. The van der Waals surface area contributed by atoms with Crippen molar-refractivity contribution in [1.82, 2.24) is 9.62 Å². The smallest absolute Gasteiger partial charge is 0.243 e. The predicted octanol–water partition coefficient (Wildman–Crippen LogP) is 3.87. The van der Waals surface area contributed by atoms with Crippen LogP contribution in [0.4, 0.5) is 0 Å². The van der Waals surface area contributed by atoms with Gasteiger partial charge in [-0.05, 0) is 54.8 Å². The van der Waals surface area contributed by atoms with Gasteiger partial charge in [0.1, 0.15) is 5.76 Å². The van der Waals surface area contributed by atoms with E-state index in [1.54, 1.807) is 12.1 Å². The number of amides is 1. The first-order valence-corrected chi connectivity index (χ1v) is 11.4. The van der Waals surface area contributed by atoms with E-state index in [1.807, 2.05) is 30.3 Å². The van der Waals surface area contributed by atoms with Gasteiger partial charge in [0.05, 0.1) is 24.2 Å². The number of sulfonamides is 1. The highest BCUT2D eigenvalue weighted by molar-refractivity contribution is 7.89. The first-order valence-electron chi connectivity index (χ1n) is 9.54. The van der Waals surface area contributed by atoms with E-state index in [0.717, 1.165) is 17.1 Å². The number of hydrogen-bond donors (Lipinski definition) is 1. The number of halogens is 1. The van der Waals surface area contributed by atoms with Gasteiger partial charge in [-0.2, -0.15) is 4.31 Å². The minimum absolute atomic E-state index is 0.0462. The Kier molecular flexibility index (Phi) is 7.68. The van der Waals surface area contributed by atoms with Crippen molar-refractivity contribution in [2.45, 2.75) is 24.3 Å². The Morgan fingerprint density at radius 1 is 1.00 bits per heavy atom. The number of carbonyl (C=O) groups excluding carboxylic acids is 1. The summed E-state index contributed by atoms with van der Waals surface area (Å²) in [6.07, 6.45) is 3.06. The van der Waals surface area contributed by atoms with E-state index in [1.165, 1.54) is 36.1 Å². The molecule has 0 unspecified atom stereocenters. The molecule has 0 saturated heterocycles. The largest absolute Gasteiger partial charge is 0.468 e. The molecule has 1 N–H and O–H groups in total. The molecule has 1 amide bonds. The minimum Gasteiger partial charge on any atom is -0.468 e. The number of nitrogens with zero attached hydrogens (tertiary/aromatic N) is 1. The average Bonchev–Trinajstić information content (AvgIpc) is 3.25. The van der Waals surface area contributed by atoms with Crippen LogP contribution in [0.2, 0.25) is 5.02 Å². The molecule has 3 rings (SSSR count). The van der Waals surface area contributed by atoms with Gasteiger partial charge in [-0.1, -0.05) is 41.9 Å². The lowest BCUT2D eigenvalue weighted by atomic mass is 10.1. The molecule has 0 spiro atoms. The molecule has 0 fully saturated rings. The molecule has 0 bridgehead atoms. The zero-order chi connectivity index (χ0) is 21.4. The van der Waals surface area contributed by atoms with Crippen molar-refractivity contribution in [3.8, 4) is 0 Å². The number of furan rings is 1. The number of aryl methyl sites for hydroxylation is 1. The van der Waals surface area contributed by atoms with Crippen LogP contribution in [-0.2, 0) is 27.8 Å². The summed E-state index contributed by atoms with van der Waals surface area (Å²) >= 11 is 5.87. The summed E-state index contributed by atoms with van der Waals surface area (Å²) in [5, 5.41) is 3.23. The molecular weight excluding hydrogens is 424 g/mol. The Labute approximate surface area is 181 Å². The second-order valence-electron chi connectivity index (χ2n) is 6.75. The summed E-state index contributed by atoms with van der Waals surface area (Å²) in [6, 6.07) is 19.2. The maximum absolute atomic E-state index is 13.1. The zero-order valence-electron chi connectivity index (χ0n) is 16.3. The van der Waals surface area contributed by atoms with E-state index in [4.69, 9.17) is 16.0 Å². The van der Waals surface area contributed by atoms with E-state index >= 15 is 0 Å². The molecule has 2 aromatic carbocycles. The molecule has 0 aliphatic carbocycles. The summed E-state index contributed by atoms with van der Waals surface area (Å²) in [5.41, 5.74) is 1.19. The van der Waals surface area contributed by atoms with Crippen LogP contribution in [0.5, 0.6) is 0 Å². The summed E-state index contributed by atoms with van der Waals surface area (Å²) in [4.78, 5) is 12.5. The van der Waals surface area contributed by atoms with Crippen molar-refractivity contribution in [2.24, 2.45) is 0 Å². The molecule has 6 nitrogen and oxygen atoms in total. The van der Waals surface area contributed by atoms with Crippen LogP contribution in [-0.4, -0.2) is 31.7 Å². The number of carbonyl (C=O) groups is 1. The normalized spacial score (nSPS) is 11.5. The molecule has 0 atom stereocenters. The van der Waals surface area contributed by atoms with Crippen LogP contribution in [0.3, 0.4) is 0 Å². The molecule has 0 saturated carbocycles. The van der Waals surface area contributed by atoms with E-state index < -0.39 is 10.0 Å². The first kappa shape index (κ1) is 22.1. The van der Waals surface area contributed by atoms with E-state index in [9.17, 15) is 13.2 Å². The third-order valence-corrected chi connectivity index (χ3v) is 6.55. The summed E-state index contributed by atoms with van der Waals surface area (Å²) in [7, 11) is -3.91. The fourth-order valence-corrected chi connectivity index (χ4v) is 4.43. The molecule has 0 radical (unpaired) electrons. The third kappa shape index (κ3) is 6.19. The predicted molar refractivity (Wildman–Crippen MR) is 116 cm³/mol. The second-order valence-corrected chi connectivity index (χ2v) is 9.12. The Bertz CT molecular complexity index is 1040. The van der Waals surface area contributed by atoms with E-state index in [2.05, 4.69) is 5.32 Å². The second kappa shape index (κ2) is 10.4. The summed E-state index contributed by atoms with van der Waals surface area (Å²) < 4.78 is 32.5. The Hall–Kier alpha value is -2.61. The van der Waals surface area contributed by atoms with Crippen molar-refractivity contribution >= 4 is 27.5 Å². The number of rotatable bonds is 10. The van der Waals surface area contributed by atoms with Crippen LogP contribution < -0.4 is 5.32 Å². The lowest BCUT2D eigenvalue weighted by molar-refractivity contribution is -0.121. The number of hydrogen-bond acceptors (Lipinski definition) is 4. The van der Waals surface area contributed by atoms with E-state index in [-0.39, 0.29) is 23.9 Å². The van der Waals surface area contributed by atoms with Crippen LogP contribution in [0.25, 0.3) is 0 Å². The van der Waals surface area contributed by atoms with Gasteiger partial charge in [-0.25, -0.2) is 8.42 Å². The maximum atomic E-state index is 13.1. The van der Waals surface area contributed by atoms with Gasteiger partial charge < -0.3 is 9.73 Å². The molecule has 1 heterocycles. The number of benzene rings is 2. The molecule has 30 heavy (non-hydrogen) atoms. The fourth-order valence-electron chi connectivity index (χ4n) is 2.94. The molecule has 3 aromatic rings. The van der Waals surface area contributed by atoms with Crippen LogP contribution in [0, 0.1) is 0 Å². The highest BCUT2D eigenvalue weighted by Crippen LogP contribution is 2.20. The Balaban J connectivity index is 1.63. The van der Waals surface area contributed by atoms with Gasteiger partial charge in [0.15, 0.2) is 0 Å². The fraction of sp³-hybridized carbons (Fsp3) is 0.227. The van der Waals surface area contributed by atoms with Gasteiger partial charge in [-0.3, -0.25) is 4.79 Å². The Morgan fingerprint density at radius 3 is 2.40 bits per heavy atom. The number of nitrogens with one attached hydrogen (secondary N) is 1. The zero-order valence-corrected chi connectivity index (χ0v) is 17.9. The topological polar surface area (TPSA) is 79.6 Å². The lowest BCUT2D eigenvalue weighted by Gasteiger charge is -2.21. The van der Waals surface area contributed by atoms with Gasteiger partial charge in [0.25, 0.3) is 0 Å². The van der Waals surface area contributed by atoms with Crippen LogP contribution in [0.15, 0.2) is 82.3 Å². The standard InChI is InChI=1S/C22H23ClN2O4S/c23-19-10-12-21(13-11-19)30(27,28)25(16-20-9-5-15-29-20)17-22(26)24-14-4-8-18-6-2-1-3-7-18/h1-3,5-7,9-13,15H,4,8,14,16-17H2,(H,24,26). The van der Waals surface area contributed by atoms with Gasteiger partial charge in [0.2, 0.25) is 15.9 Å². The van der Waals surface area contributed by atoms with Crippen molar-refractivity contribution in [3.63, 3.8) is 0 Å². The average molecular weight is 447 g/mol. The lowest BCUT2D eigenvalue weighted by Crippen LogP contribution is -2.40. The van der Waals surface area contributed by atoms with Gasteiger partial charge in [0, 0.05) is 11.6 Å². The summed E-state index contributed by atoms with van der Waals surface area (Å²) in [6.45, 7) is 0.107. The van der Waals surface area contributed by atoms with Crippen LogP contribution >= 0.6 is 11.6 Å². The van der Waals surface area contributed by atoms with Crippen molar-refractivity contribution in [3.05, 3.63) is 89.3 Å². The molecule has 1 aromatic heterocycles. The first-order chi connectivity index (χ1) is 14.4. The molecule has 158 valence electrons. The highest BCUT2D eigenvalue weighted by atomic mass is 35.5.